The molecule has 1 aromatic carbocycles. The van der Waals surface area contributed by atoms with E-state index < -0.39 is 21.9 Å². The van der Waals surface area contributed by atoms with Crippen molar-refractivity contribution >= 4 is 21.8 Å². The number of amides is 2. The Morgan fingerprint density at radius 1 is 1.14 bits per heavy atom. The molecule has 0 saturated carbocycles. The quantitative estimate of drug-likeness (QED) is 0.662. The van der Waals surface area contributed by atoms with Gasteiger partial charge in [0.1, 0.15) is 5.82 Å². The molecule has 2 saturated heterocycles. The molecule has 2 aliphatic heterocycles. The molecule has 0 aromatic heterocycles. The van der Waals surface area contributed by atoms with E-state index in [-0.39, 0.29) is 36.2 Å². The summed E-state index contributed by atoms with van der Waals surface area (Å²) in [5, 5.41) is 0. The predicted octanol–water partition coefficient (Wildman–Crippen LogP) is -0.111. The van der Waals surface area contributed by atoms with Crippen molar-refractivity contribution < 1.29 is 27.3 Å². The first-order valence-corrected chi connectivity index (χ1v) is 11.1. The van der Waals surface area contributed by atoms with Gasteiger partial charge in [-0.05, 0) is 36.6 Å². The Labute approximate surface area is 165 Å². The zero-order chi connectivity index (χ0) is 20.5. The molecule has 2 aliphatic rings. The molecule has 0 radical (unpaired) electrons. The van der Waals surface area contributed by atoms with E-state index in [0.29, 0.717) is 25.6 Å². The van der Waals surface area contributed by atoms with Gasteiger partial charge in [0.25, 0.3) is 5.91 Å². The molecule has 0 spiro atoms. The highest BCUT2D eigenvalue weighted by molar-refractivity contribution is 7.89. The first kappa shape index (κ1) is 20.9. The maximum atomic E-state index is 13.1. The van der Waals surface area contributed by atoms with Crippen molar-refractivity contribution in [3.8, 4) is 0 Å². The van der Waals surface area contributed by atoms with Crippen LogP contribution in [0, 0.1) is 11.7 Å². The minimum absolute atomic E-state index is 0.0596. The lowest BCUT2D eigenvalue weighted by Crippen LogP contribution is -3.19. The van der Waals surface area contributed by atoms with Crippen molar-refractivity contribution in [3.63, 3.8) is 0 Å². The van der Waals surface area contributed by atoms with E-state index in [2.05, 4.69) is 13.8 Å². The Balaban J connectivity index is 1.61. The van der Waals surface area contributed by atoms with Gasteiger partial charge in [0.2, 0.25) is 15.9 Å². The summed E-state index contributed by atoms with van der Waals surface area (Å²) in [4.78, 5) is 27.3. The summed E-state index contributed by atoms with van der Waals surface area (Å²) in [5.41, 5.74) is 0. The maximum absolute atomic E-state index is 13.1. The molecule has 154 valence electrons. The summed E-state index contributed by atoms with van der Waals surface area (Å²) in [5.74, 6) is -0.355. The molecule has 0 unspecified atom stereocenters. The fourth-order valence-electron chi connectivity index (χ4n) is 3.74. The van der Waals surface area contributed by atoms with Gasteiger partial charge in [-0.15, -0.1) is 0 Å². The fraction of sp³-hybridized carbons (Fsp3) is 0.579. The molecule has 1 N–H and O–H groups in total. The van der Waals surface area contributed by atoms with E-state index >= 15 is 0 Å². The average Bonchev–Trinajstić information content (AvgIpc) is 2.94. The minimum atomic E-state index is -3.69. The number of carbonyl (C=O) groups excluding carboxylic acids is 2. The number of quaternary nitrogens is 1. The third-order valence-electron chi connectivity index (χ3n) is 5.48. The number of carbonyl (C=O) groups is 2. The Hall–Kier alpha value is -1.84. The number of nitrogens with zero attached hydrogens (tertiary/aromatic N) is 2. The van der Waals surface area contributed by atoms with Crippen molar-refractivity contribution in [2.45, 2.75) is 37.6 Å². The summed E-state index contributed by atoms with van der Waals surface area (Å²) in [6.07, 6.45) is 0.972. The van der Waals surface area contributed by atoms with Crippen LogP contribution in [0.5, 0.6) is 0 Å². The topological polar surface area (TPSA) is 79.2 Å². The third kappa shape index (κ3) is 4.26. The van der Waals surface area contributed by atoms with Crippen molar-refractivity contribution in [2.24, 2.45) is 5.92 Å². The molecule has 1 aromatic rings. The second-order valence-electron chi connectivity index (χ2n) is 7.84. The zero-order valence-electron chi connectivity index (χ0n) is 16.2. The molecular formula is C19H27FN3O4S+. The Morgan fingerprint density at radius 3 is 2.32 bits per heavy atom. The number of rotatable bonds is 6. The van der Waals surface area contributed by atoms with Gasteiger partial charge in [-0.2, -0.15) is 4.31 Å². The molecule has 9 heteroatoms. The smallest absolute Gasteiger partial charge is 0.288 e. The lowest BCUT2D eigenvalue weighted by molar-refractivity contribution is -0.918. The monoisotopic (exact) mass is 412 g/mol. The average molecular weight is 413 g/mol. The van der Waals surface area contributed by atoms with Crippen LogP contribution in [-0.2, 0) is 19.6 Å². The van der Waals surface area contributed by atoms with Gasteiger partial charge >= 0.3 is 0 Å². The molecule has 1 atom stereocenters. The van der Waals surface area contributed by atoms with Crippen molar-refractivity contribution in [3.05, 3.63) is 30.1 Å². The summed E-state index contributed by atoms with van der Waals surface area (Å²) >= 11 is 0. The van der Waals surface area contributed by atoms with Crippen LogP contribution in [0.15, 0.2) is 29.2 Å². The van der Waals surface area contributed by atoms with Crippen LogP contribution in [0.4, 0.5) is 4.39 Å². The number of sulfonamides is 1. The number of likely N-dealkylation sites (tertiary alicyclic amines) is 1. The van der Waals surface area contributed by atoms with Gasteiger partial charge in [-0.1, -0.05) is 13.8 Å². The third-order valence-corrected chi connectivity index (χ3v) is 7.40. The first-order chi connectivity index (χ1) is 13.2. The van der Waals surface area contributed by atoms with Crippen molar-refractivity contribution in [1.82, 2.24) is 9.21 Å². The molecule has 7 nitrogen and oxygen atoms in total. The number of halogens is 1. The van der Waals surface area contributed by atoms with Gasteiger partial charge in [-0.3, -0.25) is 14.5 Å². The van der Waals surface area contributed by atoms with Gasteiger partial charge in [0.15, 0.2) is 6.04 Å². The molecule has 28 heavy (non-hydrogen) atoms. The first-order valence-electron chi connectivity index (χ1n) is 9.64. The van der Waals surface area contributed by atoms with E-state index in [1.165, 1.54) is 21.3 Å². The Kier molecular flexibility index (Phi) is 6.16. The molecule has 2 fully saturated rings. The second-order valence-corrected chi connectivity index (χ2v) is 9.78. The van der Waals surface area contributed by atoms with E-state index in [1.807, 2.05) is 0 Å². The van der Waals surface area contributed by atoms with Crippen LogP contribution >= 0.6 is 0 Å². The zero-order valence-corrected chi connectivity index (χ0v) is 17.0. The highest BCUT2D eigenvalue weighted by Crippen LogP contribution is 2.17. The summed E-state index contributed by atoms with van der Waals surface area (Å²) in [6, 6.07) is 4.35. The largest absolute Gasteiger partial charge is 0.322 e. The van der Waals surface area contributed by atoms with Gasteiger partial charge in [0.05, 0.1) is 37.5 Å². The van der Waals surface area contributed by atoms with Crippen molar-refractivity contribution in [1.29, 1.82) is 0 Å². The molecule has 0 bridgehead atoms. The number of hydrogen-bond donors (Lipinski definition) is 1. The maximum Gasteiger partial charge on any atom is 0.288 e. The lowest BCUT2D eigenvalue weighted by atomic mass is 10.1. The van der Waals surface area contributed by atoms with E-state index in [1.54, 1.807) is 0 Å². The Morgan fingerprint density at radius 2 is 1.75 bits per heavy atom. The molecular weight excluding hydrogens is 385 g/mol. The number of imide groups is 1. The van der Waals surface area contributed by atoms with E-state index in [9.17, 15) is 22.4 Å². The summed E-state index contributed by atoms with van der Waals surface area (Å²) in [6.45, 7) is 6.00. The fourth-order valence-corrected chi connectivity index (χ4v) is 5.18. The summed E-state index contributed by atoms with van der Waals surface area (Å²) in [7, 11) is -3.69. The van der Waals surface area contributed by atoms with Gasteiger partial charge < -0.3 is 4.90 Å². The lowest BCUT2D eigenvalue weighted by Gasteiger charge is -2.33. The van der Waals surface area contributed by atoms with Crippen LogP contribution < -0.4 is 4.90 Å². The summed E-state index contributed by atoms with van der Waals surface area (Å²) < 4.78 is 39.8. The van der Waals surface area contributed by atoms with Crippen LogP contribution in [-0.4, -0.2) is 68.2 Å². The predicted molar refractivity (Wildman–Crippen MR) is 100 cm³/mol. The number of piperazine rings is 1. The van der Waals surface area contributed by atoms with Crippen molar-refractivity contribution in [2.75, 3.05) is 32.7 Å². The van der Waals surface area contributed by atoms with Crippen LogP contribution in [0.25, 0.3) is 0 Å². The number of benzene rings is 1. The molecule has 2 amide bonds. The standard InChI is InChI=1S/C19H26FN3O4S/c1-14(2)7-8-23-18(24)13-17(19(23)25)21-9-11-22(12-10-21)28(26,27)16-5-3-15(20)4-6-16/h3-6,14,17H,7-13H2,1-2H3/p+1/t17-/m1/s1. The van der Waals surface area contributed by atoms with Crippen LogP contribution in [0.2, 0.25) is 0 Å². The van der Waals surface area contributed by atoms with E-state index in [4.69, 9.17) is 0 Å². The Bertz CT molecular complexity index is 833. The van der Waals surface area contributed by atoms with E-state index in [0.717, 1.165) is 23.5 Å². The van der Waals surface area contributed by atoms with Gasteiger partial charge in [-0.25, -0.2) is 12.8 Å². The SMILES string of the molecule is CC(C)CCN1C(=O)C[C@@H]([NH+]2CCN(S(=O)(=O)c3ccc(F)cc3)CC2)C1=O. The number of nitrogens with one attached hydrogen (secondary N) is 1. The number of hydrogen-bond acceptors (Lipinski definition) is 4. The second kappa shape index (κ2) is 8.26. The van der Waals surface area contributed by atoms with Gasteiger partial charge in [0, 0.05) is 6.54 Å². The molecule has 2 heterocycles. The molecule has 0 aliphatic carbocycles. The highest BCUT2D eigenvalue weighted by Gasteiger charge is 2.46. The van der Waals surface area contributed by atoms with Crippen LogP contribution in [0.3, 0.4) is 0 Å². The molecule has 3 rings (SSSR count). The highest BCUT2D eigenvalue weighted by atomic mass is 32.2. The normalized spacial score (nSPS) is 22.4. The van der Waals surface area contributed by atoms with Crippen LogP contribution in [0.1, 0.15) is 26.7 Å². The minimum Gasteiger partial charge on any atom is -0.322 e.